The van der Waals surface area contributed by atoms with Crippen LogP contribution in [0.2, 0.25) is 5.02 Å². The molecule has 0 unspecified atom stereocenters. The molecule has 0 bridgehead atoms. The van der Waals surface area contributed by atoms with E-state index in [2.05, 4.69) is 17.4 Å². The Morgan fingerprint density at radius 1 is 1.12 bits per heavy atom. The van der Waals surface area contributed by atoms with Gasteiger partial charge in [-0.2, -0.15) is 0 Å². The lowest BCUT2D eigenvalue weighted by Gasteiger charge is -2.10. The third-order valence-electron chi connectivity index (χ3n) is 3.57. The zero-order valence-corrected chi connectivity index (χ0v) is 15.0. The quantitative estimate of drug-likeness (QED) is 0.719. The van der Waals surface area contributed by atoms with E-state index >= 15 is 0 Å². The highest BCUT2D eigenvalue weighted by atomic mass is 35.5. The van der Waals surface area contributed by atoms with Gasteiger partial charge in [0.2, 0.25) is 5.91 Å². The first-order chi connectivity index (χ1) is 11.5. The van der Waals surface area contributed by atoms with E-state index in [1.165, 1.54) is 5.56 Å². The van der Waals surface area contributed by atoms with Crippen molar-refractivity contribution in [2.75, 3.05) is 6.54 Å². The second-order valence-electron chi connectivity index (χ2n) is 6.03. The van der Waals surface area contributed by atoms with E-state index in [1.54, 1.807) is 6.07 Å². The molecule has 0 aliphatic rings. The van der Waals surface area contributed by atoms with Crippen molar-refractivity contribution in [3.8, 4) is 5.75 Å². The van der Waals surface area contributed by atoms with Crippen LogP contribution in [0, 0.1) is 0 Å². The molecule has 4 heteroatoms. The molecule has 3 nitrogen and oxygen atoms in total. The molecule has 0 aliphatic heterocycles. The van der Waals surface area contributed by atoms with Crippen molar-refractivity contribution < 1.29 is 9.53 Å². The minimum atomic E-state index is 0.00350. The Labute approximate surface area is 149 Å². The van der Waals surface area contributed by atoms with Gasteiger partial charge in [0.25, 0.3) is 0 Å². The third-order valence-corrected chi connectivity index (χ3v) is 3.94. The molecule has 128 valence electrons. The fourth-order valence-corrected chi connectivity index (χ4v) is 2.61. The van der Waals surface area contributed by atoms with E-state index in [4.69, 9.17) is 16.3 Å². The van der Waals surface area contributed by atoms with Crippen LogP contribution in [0.3, 0.4) is 0 Å². The van der Waals surface area contributed by atoms with Crippen LogP contribution in [0.4, 0.5) is 0 Å². The maximum atomic E-state index is 11.9. The Kier molecular flexibility index (Phi) is 7.13. The number of amides is 1. The number of carbonyl (C=O) groups excluding carboxylic acids is 1. The van der Waals surface area contributed by atoms with Gasteiger partial charge in [-0.15, -0.1) is 0 Å². The van der Waals surface area contributed by atoms with E-state index in [9.17, 15) is 4.79 Å². The average molecular weight is 346 g/mol. The van der Waals surface area contributed by atoms with Crippen LogP contribution in [-0.2, 0) is 17.6 Å². The summed E-state index contributed by atoms with van der Waals surface area (Å²) in [6, 6.07) is 15.6. The fourth-order valence-electron chi connectivity index (χ4n) is 2.40. The molecule has 0 saturated carbocycles. The van der Waals surface area contributed by atoms with E-state index in [1.807, 2.05) is 44.2 Å². The average Bonchev–Trinajstić information content (AvgIpc) is 2.55. The van der Waals surface area contributed by atoms with E-state index in [0.717, 1.165) is 24.2 Å². The Morgan fingerprint density at radius 2 is 1.83 bits per heavy atom. The highest BCUT2D eigenvalue weighted by molar-refractivity contribution is 6.31. The largest absolute Gasteiger partial charge is 0.491 e. The van der Waals surface area contributed by atoms with Gasteiger partial charge in [0, 0.05) is 11.6 Å². The van der Waals surface area contributed by atoms with Crippen LogP contribution in [0.25, 0.3) is 0 Å². The van der Waals surface area contributed by atoms with Crippen LogP contribution >= 0.6 is 11.6 Å². The first-order valence-corrected chi connectivity index (χ1v) is 8.68. The van der Waals surface area contributed by atoms with Gasteiger partial charge in [0.15, 0.2) is 0 Å². The Balaban J connectivity index is 1.69. The van der Waals surface area contributed by atoms with Crippen LogP contribution in [0.1, 0.15) is 31.4 Å². The van der Waals surface area contributed by atoms with E-state index in [0.29, 0.717) is 18.0 Å². The predicted molar refractivity (Wildman–Crippen MR) is 98.7 cm³/mol. The van der Waals surface area contributed by atoms with E-state index < -0.39 is 0 Å². The lowest BCUT2D eigenvalue weighted by Crippen LogP contribution is -2.26. The molecule has 0 spiro atoms. The van der Waals surface area contributed by atoms with Gasteiger partial charge in [-0.3, -0.25) is 4.79 Å². The van der Waals surface area contributed by atoms with Crippen molar-refractivity contribution in [1.82, 2.24) is 5.32 Å². The first-order valence-electron chi connectivity index (χ1n) is 8.30. The summed E-state index contributed by atoms with van der Waals surface area (Å²) in [5.41, 5.74) is 2.10. The van der Waals surface area contributed by atoms with Crippen molar-refractivity contribution in [2.45, 2.75) is 39.2 Å². The minimum absolute atomic E-state index is 0.00350. The van der Waals surface area contributed by atoms with Crippen LogP contribution in [0.5, 0.6) is 5.75 Å². The van der Waals surface area contributed by atoms with Gasteiger partial charge in [-0.1, -0.05) is 41.9 Å². The minimum Gasteiger partial charge on any atom is -0.491 e. The fraction of sp³-hybridized carbons (Fsp3) is 0.350. The smallest absolute Gasteiger partial charge is 0.224 e. The normalized spacial score (nSPS) is 10.7. The van der Waals surface area contributed by atoms with Crippen molar-refractivity contribution in [2.24, 2.45) is 0 Å². The molecular formula is C20H24ClNO2. The van der Waals surface area contributed by atoms with Crippen LogP contribution in [0.15, 0.2) is 48.5 Å². The summed E-state index contributed by atoms with van der Waals surface area (Å²) in [4.78, 5) is 11.9. The number of hydrogen-bond acceptors (Lipinski definition) is 2. The zero-order chi connectivity index (χ0) is 17.4. The van der Waals surface area contributed by atoms with Crippen molar-refractivity contribution in [1.29, 1.82) is 0 Å². The number of halogens is 1. The Bertz CT molecular complexity index is 653. The van der Waals surface area contributed by atoms with Gasteiger partial charge >= 0.3 is 0 Å². The van der Waals surface area contributed by atoms with Crippen LogP contribution in [-0.4, -0.2) is 18.6 Å². The highest BCUT2D eigenvalue weighted by Gasteiger charge is 2.06. The molecule has 0 radical (unpaired) electrons. The topological polar surface area (TPSA) is 38.3 Å². The Morgan fingerprint density at radius 3 is 2.50 bits per heavy atom. The monoisotopic (exact) mass is 345 g/mol. The van der Waals surface area contributed by atoms with Gasteiger partial charge in [-0.25, -0.2) is 0 Å². The number of carbonyl (C=O) groups is 1. The van der Waals surface area contributed by atoms with Crippen LogP contribution < -0.4 is 10.1 Å². The lowest BCUT2D eigenvalue weighted by molar-refractivity contribution is -0.120. The van der Waals surface area contributed by atoms with Gasteiger partial charge < -0.3 is 10.1 Å². The summed E-state index contributed by atoms with van der Waals surface area (Å²) in [5.74, 6) is 0.894. The molecule has 0 atom stereocenters. The second kappa shape index (κ2) is 9.33. The Hall–Kier alpha value is -2.00. The number of hydrogen-bond donors (Lipinski definition) is 1. The van der Waals surface area contributed by atoms with E-state index in [-0.39, 0.29) is 12.0 Å². The standard InChI is InChI=1S/C20H24ClNO2/c1-15(2)24-18-11-9-16(10-12-18)6-5-13-22-20(23)14-17-7-3-4-8-19(17)21/h3-4,7-12,15H,5-6,13-14H2,1-2H3,(H,22,23). The molecule has 0 saturated heterocycles. The van der Waals surface area contributed by atoms with Gasteiger partial charge in [0.05, 0.1) is 12.5 Å². The molecule has 2 rings (SSSR count). The van der Waals surface area contributed by atoms with Gasteiger partial charge in [0.1, 0.15) is 5.75 Å². The molecule has 0 heterocycles. The molecule has 0 aliphatic carbocycles. The maximum absolute atomic E-state index is 11.9. The lowest BCUT2D eigenvalue weighted by atomic mass is 10.1. The summed E-state index contributed by atoms with van der Waals surface area (Å²) in [6.45, 7) is 4.69. The summed E-state index contributed by atoms with van der Waals surface area (Å²) >= 11 is 6.06. The third kappa shape index (κ3) is 6.25. The zero-order valence-electron chi connectivity index (χ0n) is 14.2. The number of rotatable bonds is 8. The second-order valence-corrected chi connectivity index (χ2v) is 6.44. The molecule has 1 N–H and O–H groups in total. The summed E-state index contributed by atoms with van der Waals surface area (Å²) in [6.07, 6.45) is 2.33. The van der Waals surface area contributed by atoms with Crippen molar-refractivity contribution >= 4 is 17.5 Å². The molecule has 2 aromatic rings. The maximum Gasteiger partial charge on any atom is 0.224 e. The molecule has 0 aromatic heterocycles. The molecule has 0 fully saturated rings. The predicted octanol–water partition coefficient (Wildman–Crippen LogP) is 4.42. The molecule has 1 amide bonds. The molecular weight excluding hydrogens is 322 g/mol. The SMILES string of the molecule is CC(C)Oc1ccc(CCCNC(=O)Cc2ccccc2Cl)cc1. The highest BCUT2D eigenvalue weighted by Crippen LogP contribution is 2.16. The summed E-state index contributed by atoms with van der Waals surface area (Å²) in [7, 11) is 0. The first kappa shape index (κ1) is 18.3. The number of aryl methyl sites for hydroxylation is 1. The van der Waals surface area contributed by atoms with Gasteiger partial charge in [-0.05, 0) is 56.0 Å². The van der Waals surface area contributed by atoms with Crippen molar-refractivity contribution in [3.63, 3.8) is 0 Å². The number of benzene rings is 2. The molecule has 2 aromatic carbocycles. The summed E-state index contributed by atoms with van der Waals surface area (Å²) < 4.78 is 5.62. The number of ether oxygens (including phenoxy) is 1. The molecule has 24 heavy (non-hydrogen) atoms. The summed E-state index contributed by atoms with van der Waals surface area (Å²) in [5, 5.41) is 3.58. The van der Waals surface area contributed by atoms with Crippen molar-refractivity contribution in [3.05, 3.63) is 64.7 Å². The number of nitrogens with one attached hydrogen (secondary N) is 1.